The van der Waals surface area contributed by atoms with Crippen LogP contribution in [0.3, 0.4) is 0 Å². The summed E-state index contributed by atoms with van der Waals surface area (Å²) in [6, 6.07) is 11.7. The van der Waals surface area contributed by atoms with Crippen molar-refractivity contribution < 1.29 is 9.21 Å². The topological polar surface area (TPSA) is 84.2 Å². The highest BCUT2D eigenvalue weighted by atomic mass is 16.3. The van der Waals surface area contributed by atoms with Crippen LogP contribution in [0.2, 0.25) is 0 Å². The molecule has 4 aromatic rings. The fourth-order valence-corrected chi connectivity index (χ4v) is 3.96. The van der Waals surface area contributed by atoms with E-state index >= 15 is 0 Å². The molecule has 1 aromatic carbocycles. The predicted octanol–water partition coefficient (Wildman–Crippen LogP) is 3.30. The van der Waals surface area contributed by atoms with Crippen LogP contribution < -0.4 is 10.2 Å². The number of carbonyl (C=O) groups excluding carboxylic acids is 1. The molecule has 5 rings (SSSR count). The Kier molecular flexibility index (Phi) is 4.56. The van der Waals surface area contributed by atoms with Crippen molar-refractivity contribution >= 4 is 33.8 Å². The van der Waals surface area contributed by atoms with E-state index in [1.165, 1.54) is 0 Å². The third-order valence-corrected chi connectivity index (χ3v) is 5.42. The van der Waals surface area contributed by atoms with E-state index in [2.05, 4.69) is 25.2 Å². The molecule has 7 nitrogen and oxygen atoms in total. The summed E-state index contributed by atoms with van der Waals surface area (Å²) < 4.78 is 6.06. The number of hydrogen-bond acceptors (Lipinski definition) is 6. The summed E-state index contributed by atoms with van der Waals surface area (Å²) in [7, 11) is 0. The van der Waals surface area contributed by atoms with Gasteiger partial charge in [-0.05, 0) is 36.6 Å². The smallest absolute Gasteiger partial charge is 0.225 e. The van der Waals surface area contributed by atoms with Crippen LogP contribution in [0.5, 0.6) is 0 Å². The SMILES string of the molecule is O=C(NCc1cccnc1)C1CCCN(c2ncnc3c2oc2ccccc23)C1. The van der Waals surface area contributed by atoms with Crippen LogP contribution in [-0.4, -0.2) is 33.9 Å². The molecule has 7 heteroatoms. The summed E-state index contributed by atoms with van der Waals surface area (Å²) >= 11 is 0. The van der Waals surface area contributed by atoms with Crippen molar-refractivity contribution in [3.05, 3.63) is 60.7 Å². The number of para-hydroxylation sites is 1. The second kappa shape index (κ2) is 7.50. The van der Waals surface area contributed by atoms with Gasteiger partial charge in [0, 0.05) is 37.4 Å². The van der Waals surface area contributed by atoms with Gasteiger partial charge in [-0.2, -0.15) is 0 Å². The molecule has 0 radical (unpaired) electrons. The molecule has 1 unspecified atom stereocenters. The van der Waals surface area contributed by atoms with Crippen molar-refractivity contribution in [2.45, 2.75) is 19.4 Å². The largest absolute Gasteiger partial charge is 0.450 e. The number of pyridine rings is 1. The highest BCUT2D eigenvalue weighted by molar-refractivity contribution is 6.05. The van der Waals surface area contributed by atoms with Crippen LogP contribution in [0, 0.1) is 5.92 Å². The predicted molar refractivity (Wildman–Crippen MR) is 110 cm³/mol. The first-order chi connectivity index (χ1) is 14.3. The lowest BCUT2D eigenvalue weighted by Gasteiger charge is -2.32. The Morgan fingerprint density at radius 3 is 3.03 bits per heavy atom. The monoisotopic (exact) mass is 387 g/mol. The molecular weight excluding hydrogens is 366 g/mol. The summed E-state index contributed by atoms with van der Waals surface area (Å²) in [6.07, 6.45) is 6.86. The van der Waals surface area contributed by atoms with Gasteiger partial charge in [0.05, 0.1) is 5.92 Å². The Hall–Kier alpha value is -3.48. The Morgan fingerprint density at radius 1 is 1.21 bits per heavy atom. The van der Waals surface area contributed by atoms with E-state index in [4.69, 9.17) is 4.42 Å². The quantitative estimate of drug-likeness (QED) is 0.578. The highest BCUT2D eigenvalue weighted by Gasteiger charge is 2.28. The molecule has 0 saturated carbocycles. The number of rotatable bonds is 4. The van der Waals surface area contributed by atoms with Crippen LogP contribution >= 0.6 is 0 Å². The van der Waals surface area contributed by atoms with E-state index < -0.39 is 0 Å². The van der Waals surface area contributed by atoms with Crippen molar-refractivity contribution in [1.82, 2.24) is 20.3 Å². The molecular formula is C22H21N5O2. The number of fused-ring (bicyclic) bond motifs is 3. The second-order valence-corrected chi connectivity index (χ2v) is 7.34. The Balaban J connectivity index is 1.36. The van der Waals surface area contributed by atoms with Crippen LogP contribution in [0.4, 0.5) is 5.82 Å². The number of carbonyl (C=O) groups is 1. The number of anilines is 1. The molecule has 4 heterocycles. The maximum absolute atomic E-state index is 12.7. The number of amides is 1. The first kappa shape index (κ1) is 17.6. The average molecular weight is 387 g/mol. The summed E-state index contributed by atoms with van der Waals surface area (Å²) in [5.74, 6) is 0.735. The van der Waals surface area contributed by atoms with Crippen LogP contribution in [0.1, 0.15) is 18.4 Å². The molecule has 1 saturated heterocycles. The fraction of sp³-hybridized carbons (Fsp3) is 0.273. The van der Waals surface area contributed by atoms with Gasteiger partial charge in [-0.15, -0.1) is 0 Å². The maximum atomic E-state index is 12.7. The van der Waals surface area contributed by atoms with Gasteiger partial charge >= 0.3 is 0 Å². The number of furan rings is 1. The zero-order valence-corrected chi connectivity index (χ0v) is 15.9. The summed E-state index contributed by atoms with van der Waals surface area (Å²) in [5, 5.41) is 4.02. The minimum Gasteiger partial charge on any atom is -0.450 e. The molecule has 1 fully saturated rings. The highest BCUT2D eigenvalue weighted by Crippen LogP contribution is 2.33. The van der Waals surface area contributed by atoms with Crippen molar-refractivity contribution in [1.29, 1.82) is 0 Å². The van der Waals surface area contributed by atoms with Crippen LogP contribution in [0.15, 0.2) is 59.5 Å². The van der Waals surface area contributed by atoms with Gasteiger partial charge < -0.3 is 14.6 Å². The minimum absolute atomic E-state index is 0.0634. The molecule has 0 aliphatic carbocycles. The van der Waals surface area contributed by atoms with Crippen molar-refractivity contribution in [2.75, 3.05) is 18.0 Å². The van der Waals surface area contributed by atoms with Gasteiger partial charge in [0.2, 0.25) is 5.91 Å². The molecule has 1 aliphatic rings. The number of nitrogens with one attached hydrogen (secondary N) is 1. The van der Waals surface area contributed by atoms with Crippen molar-refractivity contribution in [2.24, 2.45) is 5.92 Å². The van der Waals surface area contributed by atoms with Gasteiger partial charge in [-0.1, -0.05) is 18.2 Å². The zero-order chi connectivity index (χ0) is 19.6. The first-order valence-corrected chi connectivity index (χ1v) is 9.83. The standard InChI is InChI=1S/C22H21N5O2/c28-22(24-12-15-5-3-9-23-11-15)16-6-4-10-27(13-16)21-20-19(25-14-26-21)17-7-1-2-8-18(17)29-20/h1-3,5,7-9,11,14,16H,4,6,10,12-13H2,(H,24,28). The van der Waals surface area contributed by atoms with Gasteiger partial charge in [0.1, 0.15) is 17.4 Å². The lowest BCUT2D eigenvalue weighted by molar-refractivity contribution is -0.125. The van der Waals surface area contributed by atoms with E-state index in [0.717, 1.165) is 47.3 Å². The van der Waals surface area contributed by atoms with Gasteiger partial charge in [0.25, 0.3) is 0 Å². The van der Waals surface area contributed by atoms with E-state index in [0.29, 0.717) is 18.7 Å². The Labute approximate surface area is 167 Å². The first-order valence-electron chi connectivity index (χ1n) is 9.83. The molecule has 29 heavy (non-hydrogen) atoms. The van der Waals surface area contributed by atoms with E-state index in [-0.39, 0.29) is 11.8 Å². The molecule has 0 bridgehead atoms. The number of benzene rings is 1. The van der Waals surface area contributed by atoms with E-state index in [9.17, 15) is 4.79 Å². The lowest BCUT2D eigenvalue weighted by Crippen LogP contribution is -2.43. The minimum atomic E-state index is -0.0881. The van der Waals surface area contributed by atoms with E-state index in [1.807, 2.05) is 36.4 Å². The molecule has 1 N–H and O–H groups in total. The average Bonchev–Trinajstić information content (AvgIpc) is 3.17. The molecule has 1 amide bonds. The number of nitrogens with zero attached hydrogens (tertiary/aromatic N) is 4. The maximum Gasteiger partial charge on any atom is 0.225 e. The number of hydrogen-bond donors (Lipinski definition) is 1. The van der Waals surface area contributed by atoms with Crippen LogP contribution in [-0.2, 0) is 11.3 Å². The third kappa shape index (κ3) is 3.40. The zero-order valence-electron chi connectivity index (χ0n) is 15.9. The third-order valence-electron chi connectivity index (χ3n) is 5.42. The summed E-state index contributed by atoms with van der Waals surface area (Å²) in [6.45, 7) is 1.95. The molecule has 3 aromatic heterocycles. The van der Waals surface area contributed by atoms with Gasteiger partial charge in [0.15, 0.2) is 11.4 Å². The fourth-order valence-electron chi connectivity index (χ4n) is 3.96. The number of aromatic nitrogens is 3. The Morgan fingerprint density at radius 2 is 2.14 bits per heavy atom. The lowest BCUT2D eigenvalue weighted by atomic mass is 9.97. The molecule has 1 atom stereocenters. The summed E-state index contributed by atoms with van der Waals surface area (Å²) in [4.78, 5) is 27.9. The van der Waals surface area contributed by atoms with Crippen LogP contribution in [0.25, 0.3) is 22.1 Å². The summed E-state index contributed by atoms with van der Waals surface area (Å²) in [5.41, 5.74) is 3.29. The van der Waals surface area contributed by atoms with Gasteiger partial charge in [-0.3, -0.25) is 9.78 Å². The Bertz CT molecular complexity index is 1160. The number of piperidine rings is 1. The van der Waals surface area contributed by atoms with E-state index in [1.54, 1.807) is 18.7 Å². The molecule has 146 valence electrons. The second-order valence-electron chi connectivity index (χ2n) is 7.34. The molecule has 1 aliphatic heterocycles. The normalized spacial score (nSPS) is 17.0. The van der Waals surface area contributed by atoms with Gasteiger partial charge in [-0.25, -0.2) is 9.97 Å². The van der Waals surface area contributed by atoms with Crippen molar-refractivity contribution in [3.8, 4) is 0 Å². The molecule has 0 spiro atoms. The van der Waals surface area contributed by atoms with Crippen molar-refractivity contribution in [3.63, 3.8) is 0 Å².